The lowest BCUT2D eigenvalue weighted by atomic mass is 10.1. The van der Waals surface area contributed by atoms with Gasteiger partial charge in [-0.25, -0.2) is 17.5 Å². The number of benzene rings is 2. The minimum Gasteiger partial charge on any atom is -0.352 e. The van der Waals surface area contributed by atoms with Crippen LogP contribution in [0.15, 0.2) is 53.4 Å². The van der Waals surface area contributed by atoms with Crippen molar-refractivity contribution in [2.45, 2.75) is 31.6 Å². The van der Waals surface area contributed by atoms with Gasteiger partial charge < -0.3 is 5.32 Å². The topological polar surface area (TPSA) is 75.3 Å². The summed E-state index contributed by atoms with van der Waals surface area (Å²) in [7, 11) is -3.58. The van der Waals surface area contributed by atoms with Gasteiger partial charge in [0.05, 0.1) is 4.90 Å². The number of sulfonamides is 1. The molecule has 0 fully saturated rings. The fourth-order valence-electron chi connectivity index (χ4n) is 2.46. The van der Waals surface area contributed by atoms with E-state index in [0.717, 1.165) is 6.42 Å². The van der Waals surface area contributed by atoms with E-state index in [9.17, 15) is 17.6 Å². The largest absolute Gasteiger partial charge is 0.352 e. The fraction of sp³-hybridized carbons (Fsp3) is 0.350. The molecule has 0 aliphatic carbocycles. The number of hydrogen-bond donors (Lipinski definition) is 2. The van der Waals surface area contributed by atoms with Gasteiger partial charge >= 0.3 is 0 Å². The van der Waals surface area contributed by atoms with E-state index in [1.807, 2.05) is 13.8 Å². The van der Waals surface area contributed by atoms with E-state index in [4.69, 9.17) is 0 Å². The second-order valence-corrected chi connectivity index (χ2v) is 8.47. The summed E-state index contributed by atoms with van der Waals surface area (Å²) in [6.45, 7) is 4.70. The summed E-state index contributed by atoms with van der Waals surface area (Å²) in [6.07, 6.45) is 1.13. The van der Waals surface area contributed by atoms with Gasteiger partial charge in [0.25, 0.3) is 5.91 Å². The van der Waals surface area contributed by atoms with Crippen molar-refractivity contribution in [2.75, 3.05) is 13.1 Å². The maximum Gasteiger partial charge on any atom is 0.251 e. The zero-order valence-corrected chi connectivity index (χ0v) is 16.4. The SMILES string of the molecule is CC(C)CCNS(=O)(=O)c1ccc(C(=O)NCCc2ccccc2F)cc1. The van der Waals surface area contributed by atoms with Gasteiger partial charge in [-0.15, -0.1) is 0 Å². The van der Waals surface area contributed by atoms with Crippen molar-refractivity contribution >= 4 is 15.9 Å². The normalized spacial score (nSPS) is 11.6. The fourth-order valence-corrected chi connectivity index (χ4v) is 3.51. The highest BCUT2D eigenvalue weighted by Crippen LogP contribution is 2.11. The molecule has 0 aliphatic heterocycles. The third-order valence-electron chi connectivity index (χ3n) is 4.08. The number of hydrogen-bond acceptors (Lipinski definition) is 3. The van der Waals surface area contributed by atoms with Gasteiger partial charge in [0.2, 0.25) is 10.0 Å². The Labute approximate surface area is 160 Å². The average molecular weight is 392 g/mol. The van der Waals surface area contributed by atoms with Crippen LogP contribution < -0.4 is 10.0 Å². The number of amides is 1. The average Bonchev–Trinajstić information content (AvgIpc) is 2.63. The molecular weight excluding hydrogens is 367 g/mol. The summed E-state index contributed by atoms with van der Waals surface area (Å²) in [5.74, 6) is -0.225. The first-order chi connectivity index (χ1) is 12.8. The van der Waals surface area contributed by atoms with E-state index in [1.165, 1.54) is 30.3 Å². The quantitative estimate of drug-likeness (QED) is 0.688. The molecule has 7 heteroatoms. The van der Waals surface area contributed by atoms with Crippen molar-refractivity contribution in [3.05, 3.63) is 65.5 Å². The van der Waals surface area contributed by atoms with Crippen LogP contribution in [0.4, 0.5) is 4.39 Å². The molecule has 0 saturated carbocycles. The van der Waals surface area contributed by atoms with Crippen molar-refractivity contribution in [2.24, 2.45) is 5.92 Å². The predicted octanol–water partition coefficient (Wildman–Crippen LogP) is 3.12. The maximum atomic E-state index is 13.6. The highest BCUT2D eigenvalue weighted by molar-refractivity contribution is 7.89. The predicted molar refractivity (Wildman–Crippen MR) is 104 cm³/mol. The lowest BCUT2D eigenvalue weighted by molar-refractivity contribution is 0.0954. The molecule has 2 aromatic carbocycles. The van der Waals surface area contributed by atoms with E-state index in [1.54, 1.807) is 18.2 Å². The molecule has 5 nitrogen and oxygen atoms in total. The van der Waals surface area contributed by atoms with Crippen LogP contribution in [0, 0.1) is 11.7 Å². The summed E-state index contributed by atoms with van der Waals surface area (Å²) in [4.78, 5) is 12.3. The summed E-state index contributed by atoms with van der Waals surface area (Å²) in [5.41, 5.74) is 0.886. The molecule has 0 atom stereocenters. The molecule has 146 valence electrons. The van der Waals surface area contributed by atoms with Crippen molar-refractivity contribution < 1.29 is 17.6 Å². The van der Waals surface area contributed by atoms with Gasteiger partial charge in [-0.3, -0.25) is 4.79 Å². The van der Waals surface area contributed by atoms with Crippen molar-refractivity contribution in [3.63, 3.8) is 0 Å². The molecule has 0 bridgehead atoms. The maximum absolute atomic E-state index is 13.6. The van der Waals surface area contributed by atoms with Gasteiger partial charge in [0.15, 0.2) is 0 Å². The molecule has 0 spiro atoms. The zero-order chi connectivity index (χ0) is 19.9. The second-order valence-electron chi connectivity index (χ2n) is 6.70. The number of carbonyl (C=O) groups excluding carboxylic acids is 1. The molecule has 0 aromatic heterocycles. The first kappa shape index (κ1) is 21.1. The number of halogens is 1. The van der Waals surface area contributed by atoms with Crippen LogP contribution in [0.1, 0.15) is 36.2 Å². The minimum absolute atomic E-state index is 0.120. The zero-order valence-electron chi connectivity index (χ0n) is 15.5. The third kappa shape index (κ3) is 6.45. The highest BCUT2D eigenvalue weighted by atomic mass is 32.2. The Morgan fingerprint density at radius 3 is 2.33 bits per heavy atom. The Bertz CT molecular complexity index is 865. The molecule has 1 amide bonds. The van der Waals surface area contributed by atoms with Crippen LogP contribution in [0.25, 0.3) is 0 Å². The van der Waals surface area contributed by atoms with E-state index in [0.29, 0.717) is 30.0 Å². The van der Waals surface area contributed by atoms with Gasteiger partial charge in [-0.05, 0) is 54.7 Å². The highest BCUT2D eigenvalue weighted by Gasteiger charge is 2.14. The van der Waals surface area contributed by atoms with Crippen LogP contribution in [0.2, 0.25) is 0 Å². The Morgan fingerprint density at radius 1 is 1.04 bits per heavy atom. The van der Waals surface area contributed by atoms with E-state index < -0.39 is 10.0 Å². The van der Waals surface area contributed by atoms with Crippen LogP contribution >= 0.6 is 0 Å². The van der Waals surface area contributed by atoms with E-state index >= 15 is 0 Å². The van der Waals surface area contributed by atoms with Crippen LogP contribution in [-0.4, -0.2) is 27.4 Å². The smallest absolute Gasteiger partial charge is 0.251 e. The lowest BCUT2D eigenvalue weighted by Crippen LogP contribution is -2.27. The number of nitrogens with one attached hydrogen (secondary N) is 2. The van der Waals surface area contributed by atoms with Gasteiger partial charge in [-0.1, -0.05) is 32.0 Å². The van der Waals surface area contributed by atoms with E-state index in [2.05, 4.69) is 10.0 Å². The van der Waals surface area contributed by atoms with E-state index in [-0.39, 0.29) is 23.2 Å². The van der Waals surface area contributed by atoms with Gasteiger partial charge in [0.1, 0.15) is 5.82 Å². The summed E-state index contributed by atoms with van der Waals surface area (Å²) >= 11 is 0. The van der Waals surface area contributed by atoms with Crippen LogP contribution in [-0.2, 0) is 16.4 Å². The molecular formula is C20H25FN2O3S. The Hall–Kier alpha value is -2.25. The molecule has 0 unspecified atom stereocenters. The van der Waals surface area contributed by atoms with Gasteiger partial charge in [0, 0.05) is 18.7 Å². The summed E-state index contributed by atoms with van der Waals surface area (Å²) < 4.78 is 40.5. The third-order valence-corrected chi connectivity index (χ3v) is 5.56. The molecule has 27 heavy (non-hydrogen) atoms. The molecule has 2 N–H and O–H groups in total. The molecule has 0 radical (unpaired) electrons. The molecule has 2 rings (SSSR count). The molecule has 2 aromatic rings. The van der Waals surface area contributed by atoms with Crippen LogP contribution in [0.3, 0.4) is 0 Å². The minimum atomic E-state index is -3.58. The molecule has 0 heterocycles. The second kappa shape index (κ2) is 9.62. The Morgan fingerprint density at radius 2 is 1.70 bits per heavy atom. The van der Waals surface area contributed by atoms with Gasteiger partial charge in [-0.2, -0.15) is 0 Å². The first-order valence-electron chi connectivity index (χ1n) is 8.91. The first-order valence-corrected chi connectivity index (χ1v) is 10.4. The number of rotatable bonds is 9. The summed E-state index contributed by atoms with van der Waals surface area (Å²) in [5, 5.41) is 2.71. The van der Waals surface area contributed by atoms with Crippen molar-refractivity contribution in [3.8, 4) is 0 Å². The standard InChI is InChI=1S/C20H25FN2O3S/c1-15(2)11-14-23-27(25,26)18-9-7-17(8-10-18)20(24)22-13-12-16-5-3-4-6-19(16)21/h3-10,15,23H,11-14H2,1-2H3,(H,22,24). The van der Waals surface area contributed by atoms with Crippen molar-refractivity contribution in [1.29, 1.82) is 0 Å². The lowest BCUT2D eigenvalue weighted by Gasteiger charge is -2.09. The summed E-state index contributed by atoms with van der Waals surface area (Å²) in [6, 6.07) is 12.2. The molecule has 0 aliphatic rings. The monoisotopic (exact) mass is 392 g/mol. The number of carbonyl (C=O) groups is 1. The Kier molecular flexibility index (Phi) is 7.50. The van der Waals surface area contributed by atoms with Crippen LogP contribution in [0.5, 0.6) is 0 Å². The van der Waals surface area contributed by atoms with Crippen molar-refractivity contribution in [1.82, 2.24) is 10.0 Å². The molecule has 0 saturated heterocycles. The Balaban J connectivity index is 1.90.